The predicted octanol–water partition coefficient (Wildman–Crippen LogP) is 1.46. The maximum atomic E-state index is 13.7. The minimum atomic E-state index is -0.284. The van der Waals surface area contributed by atoms with Crippen molar-refractivity contribution in [2.75, 3.05) is 37.6 Å². The van der Waals surface area contributed by atoms with E-state index in [0.717, 1.165) is 55.1 Å². The van der Waals surface area contributed by atoms with Gasteiger partial charge in [0.2, 0.25) is 0 Å². The van der Waals surface area contributed by atoms with Crippen molar-refractivity contribution in [3.05, 3.63) is 58.5 Å². The van der Waals surface area contributed by atoms with Crippen LogP contribution in [-0.4, -0.2) is 57.4 Å². The zero-order chi connectivity index (χ0) is 18.8. The SMILES string of the molecule is Cc1ccc(=O)n(CCN2CCN(c3ncnc4ccc(F)cc34)CC2)n1. The molecule has 3 heterocycles. The molecule has 0 radical (unpaired) electrons. The van der Waals surface area contributed by atoms with Crippen molar-refractivity contribution in [3.8, 4) is 0 Å². The first-order chi connectivity index (χ1) is 13.1. The van der Waals surface area contributed by atoms with Crippen molar-refractivity contribution < 1.29 is 4.39 Å². The van der Waals surface area contributed by atoms with Gasteiger partial charge in [0, 0.05) is 44.2 Å². The van der Waals surface area contributed by atoms with Crippen LogP contribution in [0.15, 0.2) is 41.5 Å². The first-order valence-electron chi connectivity index (χ1n) is 9.02. The van der Waals surface area contributed by atoms with Gasteiger partial charge < -0.3 is 4.90 Å². The Bertz CT molecular complexity index is 1010. The second-order valence-corrected chi connectivity index (χ2v) is 6.72. The Hall–Kier alpha value is -2.87. The monoisotopic (exact) mass is 368 g/mol. The zero-order valence-electron chi connectivity index (χ0n) is 15.2. The van der Waals surface area contributed by atoms with Crippen molar-refractivity contribution in [3.63, 3.8) is 0 Å². The van der Waals surface area contributed by atoms with Crippen molar-refractivity contribution in [2.45, 2.75) is 13.5 Å². The van der Waals surface area contributed by atoms with Crippen LogP contribution in [0.4, 0.5) is 10.2 Å². The Labute approximate surface area is 156 Å². The van der Waals surface area contributed by atoms with E-state index in [9.17, 15) is 9.18 Å². The Kier molecular flexibility index (Phi) is 4.81. The summed E-state index contributed by atoms with van der Waals surface area (Å²) in [5.41, 5.74) is 1.50. The number of halogens is 1. The normalized spacial score (nSPS) is 15.4. The van der Waals surface area contributed by atoms with Crippen LogP contribution in [0.3, 0.4) is 0 Å². The highest BCUT2D eigenvalue weighted by atomic mass is 19.1. The smallest absolute Gasteiger partial charge is 0.266 e. The quantitative estimate of drug-likeness (QED) is 0.695. The first-order valence-corrected chi connectivity index (χ1v) is 9.02. The highest BCUT2D eigenvalue weighted by Crippen LogP contribution is 2.24. The number of aryl methyl sites for hydroxylation is 1. The molecule has 2 aromatic heterocycles. The van der Waals surface area contributed by atoms with E-state index in [4.69, 9.17) is 0 Å². The number of nitrogens with zero attached hydrogens (tertiary/aromatic N) is 6. The molecule has 0 N–H and O–H groups in total. The molecule has 1 aliphatic heterocycles. The van der Waals surface area contributed by atoms with Crippen LogP contribution in [0, 0.1) is 12.7 Å². The largest absolute Gasteiger partial charge is 0.353 e. The van der Waals surface area contributed by atoms with E-state index >= 15 is 0 Å². The molecular formula is C19H21FN6O. The Morgan fingerprint density at radius 3 is 2.67 bits per heavy atom. The molecule has 1 aliphatic rings. The Morgan fingerprint density at radius 2 is 1.85 bits per heavy atom. The van der Waals surface area contributed by atoms with Crippen LogP contribution in [0.1, 0.15) is 5.69 Å². The van der Waals surface area contributed by atoms with E-state index in [1.54, 1.807) is 18.2 Å². The standard InChI is InChI=1S/C19H21FN6O/c1-14-2-5-18(27)26(23-14)11-8-24-6-9-25(10-7-24)19-16-12-15(20)3-4-17(16)21-13-22-19/h2-5,12-13H,6-11H2,1H3. The third-order valence-corrected chi connectivity index (χ3v) is 4.88. The molecule has 7 nitrogen and oxygen atoms in total. The Balaban J connectivity index is 1.41. The minimum absolute atomic E-state index is 0.0753. The average Bonchev–Trinajstić information content (AvgIpc) is 2.68. The fourth-order valence-corrected chi connectivity index (χ4v) is 3.40. The second-order valence-electron chi connectivity index (χ2n) is 6.72. The lowest BCUT2D eigenvalue weighted by atomic mass is 10.2. The first kappa shape index (κ1) is 17.5. The molecule has 3 aromatic rings. The minimum Gasteiger partial charge on any atom is -0.353 e. The summed E-state index contributed by atoms with van der Waals surface area (Å²) in [6.45, 7) is 6.50. The van der Waals surface area contributed by atoms with Crippen molar-refractivity contribution >= 4 is 16.7 Å². The molecule has 1 aromatic carbocycles. The molecule has 27 heavy (non-hydrogen) atoms. The van der Waals surface area contributed by atoms with Crippen LogP contribution in [0.25, 0.3) is 10.9 Å². The van der Waals surface area contributed by atoms with Crippen LogP contribution in [0.5, 0.6) is 0 Å². The van der Waals surface area contributed by atoms with Crippen molar-refractivity contribution in [2.24, 2.45) is 0 Å². The van der Waals surface area contributed by atoms with E-state index in [-0.39, 0.29) is 11.4 Å². The van der Waals surface area contributed by atoms with Gasteiger partial charge in [-0.2, -0.15) is 5.10 Å². The highest BCUT2D eigenvalue weighted by Gasteiger charge is 2.20. The lowest BCUT2D eigenvalue weighted by Crippen LogP contribution is -2.48. The summed E-state index contributed by atoms with van der Waals surface area (Å²) in [5.74, 6) is 0.490. The number of fused-ring (bicyclic) bond motifs is 1. The lowest BCUT2D eigenvalue weighted by Gasteiger charge is -2.35. The molecule has 0 bridgehead atoms. The van der Waals surface area contributed by atoms with Gasteiger partial charge in [-0.3, -0.25) is 9.69 Å². The number of hydrogen-bond donors (Lipinski definition) is 0. The zero-order valence-corrected chi connectivity index (χ0v) is 15.2. The summed E-state index contributed by atoms with van der Waals surface area (Å²) < 4.78 is 15.2. The molecule has 140 valence electrons. The number of rotatable bonds is 4. The molecule has 0 saturated carbocycles. The van der Waals surface area contributed by atoms with Gasteiger partial charge in [-0.15, -0.1) is 0 Å². The molecule has 0 atom stereocenters. The molecule has 1 saturated heterocycles. The van der Waals surface area contributed by atoms with E-state index in [2.05, 4.69) is 24.9 Å². The molecule has 8 heteroatoms. The van der Waals surface area contributed by atoms with E-state index in [1.807, 2.05) is 6.92 Å². The van der Waals surface area contributed by atoms with Gasteiger partial charge in [0.25, 0.3) is 5.56 Å². The Morgan fingerprint density at radius 1 is 1.04 bits per heavy atom. The molecule has 0 amide bonds. The summed E-state index contributed by atoms with van der Waals surface area (Å²) in [6.07, 6.45) is 1.53. The maximum Gasteiger partial charge on any atom is 0.266 e. The highest BCUT2D eigenvalue weighted by molar-refractivity contribution is 5.89. The number of aromatic nitrogens is 4. The maximum absolute atomic E-state index is 13.7. The van der Waals surface area contributed by atoms with E-state index in [1.165, 1.54) is 23.1 Å². The van der Waals surface area contributed by atoms with Crippen LogP contribution < -0.4 is 10.5 Å². The molecule has 0 aliphatic carbocycles. The molecule has 1 fully saturated rings. The lowest BCUT2D eigenvalue weighted by molar-refractivity contribution is 0.242. The van der Waals surface area contributed by atoms with Crippen molar-refractivity contribution in [1.29, 1.82) is 0 Å². The average molecular weight is 368 g/mol. The van der Waals surface area contributed by atoms with Gasteiger partial charge in [0.05, 0.1) is 17.8 Å². The molecule has 4 rings (SSSR count). The van der Waals surface area contributed by atoms with Crippen LogP contribution in [-0.2, 0) is 6.54 Å². The fourth-order valence-electron chi connectivity index (χ4n) is 3.40. The fraction of sp³-hybridized carbons (Fsp3) is 0.368. The summed E-state index contributed by atoms with van der Waals surface area (Å²) in [7, 11) is 0. The number of anilines is 1. The summed E-state index contributed by atoms with van der Waals surface area (Å²) in [4.78, 5) is 24.9. The topological polar surface area (TPSA) is 67.2 Å². The number of benzene rings is 1. The van der Waals surface area contributed by atoms with Gasteiger partial charge in [-0.25, -0.2) is 19.0 Å². The van der Waals surface area contributed by atoms with Crippen molar-refractivity contribution in [1.82, 2.24) is 24.6 Å². The summed E-state index contributed by atoms with van der Waals surface area (Å²) in [5, 5.41) is 5.01. The number of piperazine rings is 1. The predicted molar refractivity (Wildman–Crippen MR) is 101 cm³/mol. The van der Waals surface area contributed by atoms with E-state index < -0.39 is 0 Å². The molecule has 0 unspecified atom stereocenters. The van der Waals surface area contributed by atoms with Gasteiger partial charge in [-0.05, 0) is 31.2 Å². The van der Waals surface area contributed by atoms with Crippen LogP contribution in [0.2, 0.25) is 0 Å². The summed E-state index contributed by atoms with van der Waals surface area (Å²) in [6, 6.07) is 7.87. The summed E-state index contributed by atoms with van der Waals surface area (Å²) >= 11 is 0. The van der Waals surface area contributed by atoms with Gasteiger partial charge in [-0.1, -0.05) is 0 Å². The van der Waals surface area contributed by atoms with Gasteiger partial charge in [0.1, 0.15) is 18.0 Å². The molecular weight excluding hydrogens is 347 g/mol. The van der Waals surface area contributed by atoms with Gasteiger partial charge in [0.15, 0.2) is 0 Å². The van der Waals surface area contributed by atoms with Crippen LogP contribution >= 0.6 is 0 Å². The molecule has 0 spiro atoms. The van der Waals surface area contributed by atoms with Gasteiger partial charge >= 0.3 is 0 Å². The third-order valence-electron chi connectivity index (χ3n) is 4.88. The second kappa shape index (κ2) is 7.40. The third kappa shape index (κ3) is 3.80. The van der Waals surface area contributed by atoms with E-state index in [0.29, 0.717) is 6.54 Å². The number of hydrogen-bond acceptors (Lipinski definition) is 6.